The fraction of sp³-hybridized carbons (Fsp3) is 0.529. The molecule has 3 N–H and O–H groups in total. The predicted molar refractivity (Wildman–Crippen MR) is 92.6 cm³/mol. The summed E-state index contributed by atoms with van der Waals surface area (Å²) in [6, 6.07) is 8.23. The van der Waals surface area contributed by atoms with E-state index in [9.17, 15) is 4.79 Å². The number of amides is 2. The zero-order chi connectivity index (χ0) is 15.9. The van der Waals surface area contributed by atoms with E-state index in [1.54, 1.807) is 11.3 Å². The van der Waals surface area contributed by atoms with Crippen molar-refractivity contribution < 1.29 is 4.79 Å². The van der Waals surface area contributed by atoms with Crippen LogP contribution in [0, 0.1) is 5.92 Å². The van der Waals surface area contributed by atoms with Crippen LogP contribution in [-0.4, -0.2) is 41.1 Å². The van der Waals surface area contributed by atoms with Gasteiger partial charge in [0.2, 0.25) is 0 Å². The van der Waals surface area contributed by atoms with Crippen molar-refractivity contribution in [1.29, 1.82) is 0 Å². The second-order valence-electron chi connectivity index (χ2n) is 6.76. The van der Waals surface area contributed by atoms with Gasteiger partial charge in [0.15, 0.2) is 0 Å². The molecule has 2 atom stereocenters. The first-order valence-corrected chi connectivity index (χ1v) is 9.12. The lowest BCUT2D eigenvalue weighted by atomic mass is 9.70. The highest BCUT2D eigenvalue weighted by Crippen LogP contribution is 2.42. The number of para-hydroxylation sites is 1. The van der Waals surface area contributed by atoms with Gasteiger partial charge in [0, 0.05) is 31.6 Å². The lowest BCUT2D eigenvalue weighted by Crippen LogP contribution is -2.55. The smallest absolute Gasteiger partial charge is 0.317 e. The van der Waals surface area contributed by atoms with Gasteiger partial charge in [0.05, 0.1) is 15.2 Å². The maximum absolute atomic E-state index is 12.2. The van der Waals surface area contributed by atoms with Crippen molar-refractivity contribution in [3.8, 4) is 0 Å². The maximum atomic E-state index is 12.2. The summed E-state index contributed by atoms with van der Waals surface area (Å²) >= 11 is 1.74. The van der Waals surface area contributed by atoms with E-state index in [0.29, 0.717) is 19.0 Å². The van der Waals surface area contributed by atoms with E-state index in [4.69, 9.17) is 5.73 Å². The fourth-order valence-electron chi connectivity index (χ4n) is 3.61. The number of nitrogens with two attached hydrogens (primary N) is 1. The van der Waals surface area contributed by atoms with Crippen molar-refractivity contribution in [2.75, 3.05) is 19.6 Å². The highest BCUT2D eigenvalue weighted by Gasteiger charge is 2.51. The standard InChI is InChI=1S/C17H22N4OS/c18-17-8-7-12(17)10-21(11-17)16(22)19-9-3-6-15-20-13-4-1-2-5-14(13)23-15/h1-2,4-5,12H,3,6-11,18H2,(H,19,22)/t12-,17-/m0/s1. The number of thiazole rings is 1. The molecular weight excluding hydrogens is 308 g/mol. The Hall–Kier alpha value is -1.66. The minimum absolute atomic E-state index is 0.0357. The molecule has 2 amide bonds. The molecule has 122 valence electrons. The molecule has 4 rings (SSSR count). The Bertz CT molecular complexity index is 697. The van der Waals surface area contributed by atoms with E-state index in [1.165, 1.54) is 4.70 Å². The lowest BCUT2D eigenvalue weighted by molar-refractivity contribution is 0.187. The van der Waals surface area contributed by atoms with Gasteiger partial charge in [-0.1, -0.05) is 12.1 Å². The molecule has 2 fully saturated rings. The van der Waals surface area contributed by atoms with Gasteiger partial charge in [-0.25, -0.2) is 9.78 Å². The van der Waals surface area contributed by atoms with Crippen LogP contribution in [0.1, 0.15) is 24.3 Å². The quantitative estimate of drug-likeness (QED) is 0.846. The molecule has 1 saturated carbocycles. The number of fused-ring (bicyclic) bond motifs is 2. The van der Waals surface area contributed by atoms with E-state index in [-0.39, 0.29) is 11.6 Å². The Balaban J connectivity index is 1.23. The van der Waals surface area contributed by atoms with Crippen molar-refractivity contribution in [1.82, 2.24) is 15.2 Å². The zero-order valence-corrected chi connectivity index (χ0v) is 13.9. The Labute approximate surface area is 139 Å². The van der Waals surface area contributed by atoms with Crippen LogP contribution in [0.2, 0.25) is 0 Å². The first-order chi connectivity index (χ1) is 11.1. The lowest BCUT2D eigenvalue weighted by Gasteiger charge is -2.39. The van der Waals surface area contributed by atoms with Crippen LogP contribution in [0.4, 0.5) is 4.79 Å². The molecule has 0 unspecified atom stereocenters. The average Bonchev–Trinajstić information content (AvgIpc) is 3.05. The molecule has 1 aromatic carbocycles. The Morgan fingerprint density at radius 3 is 3.04 bits per heavy atom. The highest BCUT2D eigenvalue weighted by atomic mass is 32.1. The summed E-state index contributed by atoms with van der Waals surface area (Å²) in [7, 11) is 0. The largest absolute Gasteiger partial charge is 0.338 e. The van der Waals surface area contributed by atoms with Crippen LogP contribution in [-0.2, 0) is 6.42 Å². The molecule has 1 aliphatic carbocycles. The molecule has 23 heavy (non-hydrogen) atoms. The molecule has 0 bridgehead atoms. The third kappa shape index (κ3) is 2.81. The number of hydrogen-bond acceptors (Lipinski definition) is 4. The van der Waals surface area contributed by atoms with E-state index in [2.05, 4.69) is 16.4 Å². The molecular formula is C17H22N4OS. The Morgan fingerprint density at radius 2 is 2.35 bits per heavy atom. The number of aryl methyl sites for hydroxylation is 1. The number of nitrogens with one attached hydrogen (secondary N) is 1. The SMILES string of the molecule is N[C@]12CC[C@H]1CN(C(=O)NCCCc1nc3ccccc3s1)C2. The van der Waals surface area contributed by atoms with Gasteiger partial charge >= 0.3 is 6.03 Å². The minimum atomic E-state index is -0.0989. The van der Waals surface area contributed by atoms with Crippen LogP contribution in [0.3, 0.4) is 0 Å². The normalized spacial score (nSPS) is 26.1. The van der Waals surface area contributed by atoms with E-state index in [1.807, 2.05) is 23.1 Å². The van der Waals surface area contributed by atoms with Crippen LogP contribution in [0.15, 0.2) is 24.3 Å². The summed E-state index contributed by atoms with van der Waals surface area (Å²) in [6.07, 6.45) is 4.04. The summed E-state index contributed by atoms with van der Waals surface area (Å²) in [6.45, 7) is 2.22. The van der Waals surface area contributed by atoms with E-state index >= 15 is 0 Å². The molecule has 1 aliphatic heterocycles. The summed E-state index contributed by atoms with van der Waals surface area (Å²) in [5.41, 5.74) is 7.24. The molecule has 5 nitrogen and oxygen atoms in total. The first kappa shape index (κ1) is 14.9. The number of aromatic nitrogens is 1. The van der Waals surface area contributed by atoms with Gasteiger partial charge in [0.25, 0.3) is 0 Å². The second-order valence-corrected chi connectivity index (χ2v) is 7.88. The number of likely N-dealkylation sites (tertiary alicyclic amines) is 1. The van der Waals surface area contributed by atoms with Crippen LogP contribution in [0.5, 0.6) is 0 Å². The fourth-order valence-corrected chi connectivity index (χ4v) is 4.62. The van der Waals surface area contributed by atoms with Gasteiger partial charge in [0.1, 0.15) is 0 Å². The summed E-state index contributed by atoms with van der Waals surface area (Å²) < 4.78 is 1.23. The molecule has 2 aliphatic rings. The van der Waals surface area contributed by atoms with Gasteiger partial charge in [-0.2, -0.15) is 0 Å². The topological polar surface area (TPSA) is 71.2 Å². The van der Waals surface area contributed by atoms with Gasteiger partial charge in [-0.15, -0.1) is 11.3 Å². The van der Waals surface area contributed by atoms with Crippen LogP contribution >= 0.6 is 11.3 Å². The number of urea groups is 1. The maximum Gasteiger partial charge on any atom is 0.317 e. The second kappa shape index (κ2) is 5.76. The van der Waals surface area contributed by atoms with Crippen molar-refractivity contribution in [2.45, 2.75) is 31.2 Å². The predicted octanol–water partition coefficient (Wildman–Crippen LogP) is 2.36. The average molecular weight is 330 g/mol. The van der Waals surface area contributed by atoms with Crippen LogP contribution in [0.25, 0.3) is 10.2 Å². The minimum Gasteiger partial charge on any atom is -0.338 e. The molecule has 6 heteroatoms. The third-order valence-electron chi connectivity index (χ3n) is 5.17. The molecule has 0 radical (unpaired) electrons. The van der Waals surface area contributed by atoms with E-state index in [0.717, 1.165) is 42.8 Å². The van der Waals surface area contributed by atoms with Gasteiger partial charge < -0.3 is 16.0 Å². The monoisotopic (exact) mass is 330 g/mol. The number of rotatable bonds is 4. The van der Waals surface area contributed by atoms with Crippen LogP contribution < -0.4 is 11.1 Å². The van der Waals surface area contributed by atoms with Crippen molar-refractivity contribution >= 4 is 27.6 Å². The molecule has 1 aromatic heterocycles. The summed E-state index contributed by atoms with van der Waals surface area (Å²) in [4.78, 5) is 18.7. The third-order valence-corrected chi connectivity index (χ3v) is 6.26. The molecule has 2 aromatic rings. The van der Waals surface area contributed by atoms with Gasteiger partial charge in [-0.05, 0) is 37.3 Å². The number of hydrogen-bond donors (Lipinski definition) is 2. The number of carbonyl (C=O) groups excluding carboxylic acids is 1. The van der Waals surface area contributed by atoms with Crippen molar-refractivity contribution in [3.05, 3.63) is 29.3 Å². The van der Waals surface area contributed by atoms with Crippen molar-refractivity contribution in [2.24, 2.45) is 11.7 Å². The Kier molecular flexibility index (Phi) is 3.73. The Morgan fingerprint density at radius 1 is 1.48 bits per heavy atom. The zero-order valence-electron chi connectivity index (χ0n) is 13.1. The van der Waals surface area contributed by atoms with E-state index < -0.39 is 0 Å². The number of carbonyl (C=O) groups is 1. The van der Waals surface area contributed by atoms with Gasteiger partial charge in [-0.3, -0.25) is 0 Å². The number of nitrogens with zero attached hydrogens (tertiary/aromatic N) is 2. The summed E-state index contributed by atoms with van der Waals surface area (Å²) in [5, 5.41) is 4.16. The molecule has 0 spiro atoms. The summed E-state index contributed by atoms with van der Waals surface area (Å²) in [5.74, 6) is 0.510. The highest BCUT2D eigenvalue weighted by molar-refractivity contribution is 7.18. The molecule has 1 saturated heterocycles. The first-order valence-electron chi connectivity index (χ1n) is 8.30. The number of benzene rings is 1. The molecule has 2 heterocycles. The van der Waals surface area contributed by atoms with Crippen molar-refractivity contribution in [3.63, 3.8) is 0 Å².